The van der Waals surface area contributed by atoms with Gasteiger partial charge in [0.1, 0.15) is 17.9 Å². The Bertz CT molecular complexity index is 870. The number of imidazole rings is 1. The highest BCUT2D eigenvalue weighted by atomic mass is 19.1. The van der Waals surface area contributed by atoms with Gasteiger partial charge >= 0.3 is 0 Å². The first-order valence-corrected chi connectivity index (χ1v) is 8.33. The van der Waals surface area contributed by atoms with Gasteiger partial charge in [0, 0.05) is 0 Å². The SMILES string of the molecule is C[C@H]1O[C@@H](n2cnc3c(CCc4ccccc4)ncnc32)[C@@H](F)[C@@H]1O. The maximum Gasteiger partial charge on any atom is 0.173 e. The van der Waals surface area contributed by atoms with Gasteiger partial charge in [-0.05, 0) is 25.3 Å². The highest BCUT2D eigenvalue weighted by Gasteiger charge is 2.43. The number of benzene rings is 1. The van der Waals surface area contributed by atoms with E-state index in [0.29, 0.717) is 17.6 Å². The summed E-state index contributed by atoms with van der Waals surface area (Å²) < 4.78 is 21.4. The molecule has 4 atom stereocenters. The zero-order chi connectivity index (χ0) is 17.4. The lowest BCUT2D eigenvalue weighted by Crippen LogP contribution is -2.26. The molecule has 0 radical (unpaired) electrons. The lowest BCUT2D eigenvalue weighted by atomic mass is 10.1. The van der Waals surface area contributed by atoms with Gasteiger partial charge in [0.25, 0.3) is 0 Å². The molecule has 0 aliphatic carbocycles. The van der Waals surface area contributed by atoms with Crippen LogP contribution in [0.2, 0.25) is 0 Å². The second-order valence-electron chi connectivity index (χ2n) is 6.30. The van der Waals surface area contributed by atoms with Crippen LogP contribution in [0, 0.1) is 0 Å². The first-order chi connectivity index (χ1) is 12.1. The molecule has 1 aliphatic heterocycles. The van der Waals surface area contributed by atoms with Gasteiger partial charge in [-0.25, -0.2) is 19.3 Å². The van der Waals surface area contributed by atoms with Crippen LogP contribution in [0.4, 0.5) is 4.39 Å². The molecule has 0 saturated carbocycles. The molecule has 7 heteroatoms. The van der Waals surface area contributed by atoms with E-state index in [9.17, 15) is 9.50 Å². The Morgan fingerprint density at radius 3 is 2.68 bits per heavy atom. The molecule has 1 saturated heterocycles. The van der Waals surface area contributed by atoms with E-state index in [1.54, 1.807) is 11.5 Å². The average molecular weight is 342 g/mol. The third-order valence-corrected chi connectivity index (χ3v) is 4.64. The fourth-order valence-corrected chi connectivity index (χ4v) is 3.20. The van der Waals surface area contributed by atoms with Crippen LogP contribution in [0.5, 0.6) is 0 Å². The third-order valence-electron chi connectivity index (χ3n) is 4.64. The summed E-state index contributed by atoms with van der Waals surface area (Å²) in [5.41, 5.74) is 3.19. The molecule has 25 heavy (non-hydrogen) atoms. The van der Waals surface area contributed by atoms with Crippen molar-refractivity contribution >= 4 is 11.2 Å². The Balaban J connectivity index is 1.62. The van der Waals surface area contributed by atoms with Crippen molar-refractivity contribution in [3.8, 4) is 0 Å². The van der Waals surface area contributed by atoms with Gasteiger partial charge in [0.15, 0.2) is 18.0 Å². The summed E-state index contributed by atoms with van der Waals surface area (Å²) in [4.78, 5) is 13.0. The number of nitrogens with zero attached hydrogens (tertiary/aromatic N) is 4. The van der Waals surface area contributed by atoms with Crippen LogP contribution >= 0.6 is 0 Å². The van der Waals surface area contributed by atoms with Crippen LogP contribution in [-0.4, -0.2) is 43.0 Å². The van der Waals surface area contributed by atoms with E-state index >= 15 is 0 Å². The molecule has 1 N–H and O–H groups in total. The summed E-state index contributed by atoms with van der Waals surface area (Å²) in [6.45, 7) is 1.65. The topological polar surface area (TPSA) is 73.1 Å². The Kier molecular flexibility index (Phi) is 4.19. The molecule has 3 heterocycles. The summed E-state index contributed by atoms with van der Waals surface area (Å²) >= 11 is 0. The van der Waals surface area contributed by atoms with Crippen molar-refractivity contribution in [1.82, 2.24) is 19.5 Å². The van der Waals surface area contributed by atoms with E-state index in [0.717, 1.165) is 12.1 Å². The smallest absolute Gasteiger partial charge is 0.173 e. The maximum atomic E-state index is 14.3. The molecule has 1 aromatic carbocycles. The molecule has 2 aromatic heterocycles. The van der Waals surface area contributed by atoms with Crippen molar-refractivity contribution in [2.45, 2.75) is 44.4 Å². The molecule has 1 aliphatic rings. The van der Waals surface area contributed by atoms with E-state index in [2.05, 4.69) is 27.1 Å². The summed E-state index contributed by atoms with van der Waals surface area (Å²) in [6.07, 6.45) is 0.349. The fraction of sp³-hybridized carbons (Fsp3) is 0.389. The van der Waals surface area contributed by atoms with Crippen molar-refractivity contribution in [1.29, 1.82) is 0 Å². The van der Waals surface area contributed by atoms with Crippen molar-refractivity contribution in [3.63, 3.8) is 0 Å². The normalized spacial score (nSPS) is 26.4. The van der Waals surface area contributed by atoms with E-state index in [1.807, 2.05) is 18.2 Å². The first kappa shape index (κ1) is 16.1. The number of hydrogen-bond donors (Lipinski definition) is 1. The van der Waals surface area contributed by atoms with Crippen molar-refractivity contribution in [2.75, 3.05) is 0 Å². The number of aliphatic hydroxyl groups excluding tert-OH is 1. The van der Waals surface area contributed by atoms with E-state index in [-0.39, 0.29) is 0 Å². The lowest BCUT2D eigenvalue weighted by Gasteiger charge is -2.14. The van der Waals surface area contributed by atoms with Crippen molar-refractivity contribution in [2.24, 2.45) is 0 Å². The second kappa shape index (κ2) is 6.50. The predicted octanol–water partition coefficient (Wildman–Crippen LogP) is 2.23. The molecule has 0 amide bonds. The molecule has 0 unspecified atom stereocenters. The molecule has 4 rings (SSSR count). The number of ether oxygens (including phenoxy) is 1. The van der Waals surface area contributed by atoms with Gasteiger partial charge in [-0.2, -0.15) is 0 Å². The van der Waals surface area contributed by atoms with Crippen LogP contribution in [0.3, 0.4) is 0 Å². The minimum absolute atomic E-state index is 0.520. The van der Waals surface area contributed by atoms with Crippen molar-refractivity contribution in [3.05, 3.63) is 54.2 Å². The molecule has 3 aromatic rings. The number of aromatic nitrogens is 4. The number of halogens is 1. The van der Waals surface area contributed by atoms with E-state index < -0.39 is 24.6 Å². The second-order valence-corrected chi connectivity index (χ2v) is 6.30. The van der Waals surface area contributed by atoms with Gasteiger partial charge in [-0.1, -0.05) is 30.3 Å². The first-order valence-electron chi connectivity index (χ1n) is 8.33. The predicted molar refractivity (Wildman–Crippen MR) is 89.7 cm³/mol. The van der Waals surface area contributed by atoms with Crippen LogP contribution in [0.15, 0.2) is 43.0 Å². The number of alkyl halides is 1. The number of aryl methyl sites for hydroxylation is 2. The molecule has 130 valence electrons. The molecule has 0 spiro atoms. The quantitative estimate of drug-likeness (QED) is 0.787. The van der Waals surface area contributed by atoms with Gasteiger partial charge in [0.05, 0.1) is 18.1 Å². The monoisotopic (exact) mass is 342 g/mol. The van der Waals surface area contributed by atoms with Gasteiger partial charge in [-0.15, -0.1) is 0 Å². The third kappa shape index (κ3) is 2.89. The van der Waals surface area contributed by atoms with Crippen LogP contribution in [-0.2, 0) is 17.6 Å². The lowest BCUT2D eigenvalue weighted by molar-refractivity contribution is -0.0137. The van der Waals surface area contributed by atoms with E-state index in [1.165, 1.54) is 18.2 Å². The minimum Gasteiger partial charge on any atom is -0.387 e. The average Bonchev–Trinajstić information content (AvgIpc) is 3.18. The largest absolute Gasteiger partial charge is 0.387 e. The maximum absolute atomic E-state index is 14.3. The minimum atomic E-state index is -1.52. The van der Waals surface area contributed by atoms with Crippen LogP contribution < -0.4 is 0 Å². The summed E-state index contributed by atoms with van der Waals surface area (Å²) in [5, 5.41) is 9.81. The Hall–Kier alpha value is -2.38. The van der Waals surface area contributed by atoms with Gasteiger partial charge < -0.3 is 9.84 Å². The number of rotatable bonds is 4. The molecule has 0 bridgehead atoms. The molecule has 6 nitrogen and oxygen atoms in total. The Morgan fingerprint density at radius 1 is 1.16 bits per heavy atom. The van der Waals surface area contributed by atoms with Gasteiger partial charge in [0.2, 0.25) is 0 Å². The summed E-state index contributed by atoms with van der Waals surface area (Å²) in [7, 11) is 0. The number of fused-ring (bicyclic) bond motifs is 1. The Morgan fingerprint density at radius 2 is 1.96 bits per heavy atom. The summed E-state index contributed by atoms with van der Waals surface area (Å²) in [6, 6.07) is 10.1. The number of aliphatic hydroxyl groups is 1. The summed E-state index contributed by atoms with van der Waals surface area (Å²) in [5.74, 6) is 0. The number of hydrogen-bond acceptors (Lipinski definition) is 5. The Labute approximate surface area is 144 Å². The van der Waals surface area contributed by atoms with E-state index in [4.69, 9.17) is 4.74 Å². The van der Waals surface area contributed by atoms with Gasteiger partial charge in [-0.3, -0.25) is 4.57 Å². The standard InChI is InChI=1S/C18H19FN4O2/c1-11-16(24)14(19)18(25-11)23-10-22-15-13(20-9-21-17(15)23)8-7-12-5-3-2-4-6-12/h2-6,9-11,14,16,18,24H,7-8H2,1H3/t11-,14+,16-,18-/m1/s1. The molecular formula is C18H19FN4O2. The van der Waals surface area contributed by atoms with Crippen LogP contribution in [0.25, 0.3) is 11.2 Å². The zero-order valence-electron chi connectivity index (χ0n) is 13.8. The zero-order valence-corrected chi connectivity index (χ0v) is 13.8. The highest BCUT2D eigenvalue weighted by molar-refractivity contribution is 5.73. The molecular weight excluding hydrogens is 323 g/mol. The molecule has 1 fully saturated rings. The fourth-order valence-electron chi connectivity index (χ4n) is 3.20. The highest BCUT2D eigenvalue weighted by Crippen LogP contribution is 2.33. The van der Waals surface area contributed by atoms with Crippen LogP contribution in [0.1, 0.15) is 24.4 Å². The van der Waals surface area contributed by atoms with Crippen molar-refractivity contribution < 1.29 is 14.2 Å².